The van der Waals surface area contributed by atoms with Crippen LogP contribution in [0, 0.1) is 12.7 Å². The zero-order chi connectivity index (χ0) is 18.9. The summed E-state index contributed by atoms with van der Waals surface area (Å²) in [6.45, 7) is 4.49. The number of benzene rings is 1. The normalized spacial score (nSPS) is 23.6. The van der Waals surface area contributed by atoms with E-state index in [1.54, 1.807) is 17.0 Å². The van der Waals surface area contributed by atoms with Gasteiger partial charge in [0.15, 0.2) is 0 Å². The number of carbonyl (C=O) groups excluding carboxylic acids is 1. The molecule has 0 N–H and O–H groups in total. The third kappa shape index (κ3) is 3.79. The molecule has 1 spiro atoms. The number of aromatic nitrogens is 1. The van der Waals surface area contributed by atoms with Crippen molar-refractivity contribution in [2.75, 3.05) is 49.3 Å². The van der Waals surface area contributed by atoms with Gasteiger partial charge in [0.1, 0.15) is 23.8 Å². The Labute approximate surface area is 157 Å². The van der Waals surface area contributed by atoms with Crippen LogP contribution >= 0.6 is 0 Å². The van der Waals surface area contributed by atoms with Gasteiger partial charge >= 0.3 is 0 Å². The number of pyridine rings is 1. The zero-order valence-electron chi connectivity index (χ0n) is 15.2. The van der Waals surface area contributed by atoms with Gasteiger partial charge in [-0.2, -0.15) is 0 Å². The van der Waals surface area contributed by atoms with Crippen molar-refractivity contribution in [1.29, 1.82) is 0 Å². The van der Waals surface area contributed by atoms with E-state index in [0.717, 1.165) is 11.5 Å². The fraction of sp³-hybridized carbons (Fsp3) is 0.400. The van der Waals surface area contributed by atoms with Gasteiger partial charge < -0.3 is 19.3 Å². The predicted octanol–water partition coefficient (Wildman–Crippen LogP) is 2.17. The Hall–Kier alpha value is -2.51. The van der Waals surface area contributed by atoms with Crippen LogP contribution in [-0.2, 0) is 14.3 Å². The Bertz CT molecular complexity index is 829. The van der Waals surface area contributed by atoms with Gasteiger partial charge in [-0.3, -0.25) is 4.79 Å². The van der Waals surface area contributed by atoms with Crippen molar-refractivity contribution in [3.8, 4) is 0 Å². The monoisotopic (exact) mass is 371 g/mol. The Morgan fingerprint density at radius 3 is 2.74 bits per heavy atom. The minimum absolute atomic E-state index is 0.0319. The Morgan fingerprint density at radius 2 is 1.96 bits per heavy atom. The summed E-state index contributed by atoms with van der Waals surface area (Å²) < 4.78 is 25.1. The summed E-state index contributed by atoms with van der Waals surface area (Å²) >= 11 is 0. The molecule has 0 bridgehead atoms. The van der Waals surface area contributed by atoms with Crippen LogP contribution in [-0.4, -0.2) is 55.9 Å². The van der Waals surface area contributed by atoms with Crippen LogP contribution in [0.25, 0.3) is 0 Å². The molecule has 142 valence electrons. The van der Waals surface area contributed by atoms with Crippen LogP contribution < -0.4 is 9.80 Å². The molecular formula is C20H22FN3O3. The lowest BCUT2D eigenvalue weighted by atomic mass is 10.0. The molecule has 1 atom stereocenters. The zero-order valence-corrected chi connectivity index (χ0v) is 15.2. The van der Waals surface area contributed by atoms with Crippen molar-refractivity contribution < 1.29 is 18.7 Å². The number of ether oxygens (including phenoxy) is 2. The number of carbonyl (C=O) groups is 1. The van der Waals surface area contributed by atoms with E-state index >= 15 is 0 Å². The Balaban J connectivity index is 1.60. The second-order valence-electron chi connectivity index (χ2n) is 7.04. The number of nitrogens with zero attached hydrogens (tertiary/aromatic N) is 3. The summed E-state index contributed by atoms with van der Waals surface area (Å²) in [7, 11) is 0. The summed E-state index contributed by atoms with van der Waals surface area (Å²) in [6, 6.07) is 11.9. The smallest absolute Gasteiger partial charge is 0.253 e. The van der Waals surface area contributed by atoms with Crippen molar-refractivity contribution in [2.24, 2.45) is 0 Å². The van der Waals surface area contributed by atoms with E-state index in [4.69, 9.17) is 9.47 Å². The molecule has 1 aromatic carbocycles. The van der Waals surface area contributed by atoms with Crippen molar-refractivity contribution in [2.45, 2.75) is 12.5 Å². The van der Waals surface area contributed by atoms with Crippen molar-refractivity contribution in [3.63, 3.8) is 0 Å². The van der Waals surface area contributed by atoms with Crippen molar-refractivity contribution in [1.82, 2.24) is 4.98 Å². The summed E-state index contributed by atoms with van der Waals surface area (Å²) in [5, 5.41) is 0. The first kappa shape index (κ1) is 17.9. The molecule has 4 rings (SSSR count). The maximum absolute atomic E-state index is 13.3. The molecular weight excluding hydrogens is 349 g/mol. The highest BCUT2D eigenvalue weighted by Crippen LogP contribution is 2.28. The number of morpholine rings is 1. The van der Waals surface area contributed by atoms with Gasteiger partial charge in [-0.15, -0.1) is 0 Å². The molecule has 27 heavy (non-hydrogen) atoms. The van der Waals surface area contributed by atoms with Crippen LogP contribution in [0.15, 0.2) is 42.5 Å². The lowest BCUT2D eigenvalue weighted by Gasteiger charge is -2.43. The van der Waals surface area contributed by atoms with Crippen LogP contribution in [0.1, 0.15) is 5.69 Å². The molecule has 0 aliphatic carbocycles. The average Bonchev–Trinajstić information content (AvgIpc) is 2.88. The molecule has 1 amide bonds. The van der Waals surface area contributed by atoms with E-state index in [1.807, 2.05) is 25.1 Å². The van der Waals surface area contributed by atoms with Gasteiger partial charge in [-0.1, -0.05) is 6.07 Å². The quantitative estimate of drug-likeness (QED) is 0.810. The van der Waals surface area contributed by atoms with E-state index in [0.29, 0.717) is 38.5 Å². The first-order valence-corrected chi connectivity index (χ1v) is 9.01. The van der Waals surface area contributed by atoms with Crippen LogP contribution in [0.4, 0.5) is 15.9 Å². The number of hydrogen-bond acceptors (Lipinski definition) is 5. The third-order valence-corrected chi connectivity index (χ3v) is 4.93. The van der Waals surface area contributed by atoms with E-state index in [2.05, 4.69) is 9.88 Å². The molecule has 1 aromatic heterocycles. The van der Waals surface area contributed by atoms with E-state index in [-0.39, 0.29) is 18.3 Å². The highest BCUT2D eigenvalue weighted by Gasteiger charge is 2.43. The first-order chi connectivity index (χ1) is 13.0. The fourth-order valence-electron chi connectivity index (χ4n) is 3.56. The number of rotatable bonds is 2. The summed E-state index contributed by atoms with van der Waals surface area (Å²) in [6.07, 6.45) is 0. The van der Waals surface area contributed by atoms with Crippen LogP contribution in [0.2, 0.25) is 0 Å². The molecule has 7 heteroatoms. The van der Waals surface area contributed by atoms with Gasteiger partial charge in [-0.25, -0.2) is 9.37 Å². The first-order valence-electron chi connectivity index (χ1n) is 9.01. The minimum atomic E-state index is -0.662. The van der Waals surface area contributed by atoms with Gasteiger partial charge in [0.2, 0.25) is 0 Å². The molecule has 0 saturated carbocycles. The molecule has 2 aromatic rings. The molecule has 6 nitrogen and oxygen atoms in total. The van der Waals surface area contributed by atoms with Gasteiger partial charge in [0, 0.05) is 17.9 Å². The number of aryl methyl sites for hydroxylation is 1. The van der Waals surface area contributed by atoms with E-state index in [1.165, 1.54) is 12.1 Å². The maximum Gasteiger partial charge on any atom is 0.253 e. The standard InChI is InChI=1S/C20H22FN3O3/c1-15-3-2-4-18(22-15)23-9-10-26-14-20(12-23)13-24(19(25)11-27-20)17-7-5-16(21)6-8-17/h2-8H,9-14H2,1H3/t20-/m1/s1. The molecule has 3 heterocycles. The highest BCUT2D eigenvalue weighted by atomic mass is 19.1. The predicted molar refractivity (Wildman–Crippen MR) is 99.4 cm³/mol. The SMILES string of the molecule is Cc1cccc(N2CCOC[C@@]3(C2)CN(c2ccc(F)cc2)C(=O)CO3)n1. The minimum Gasteiger partial charge on any atom is -0.376 e. The number of halogens is 1. The maximum atomic E-state index is 13.3. The van der Waals surface area contributed by atoms with Crippen molar-refractivity contribution >= 4 is 17.4 Å². The molecule has 2 aliphatic rings. The van der Waals surface area contributed by atoms with Crippen LogP contribution in [0.3, 0.4) is 0 Å². The van der Waals surface area contributed by atoms with Gasteiger partial charge in [0.05, 0.1) is 26.3 Å². The lowest BCUT2D eigenvalue weighted by Crippen LogP contribution is -2.61. The average molecular weight is 371 g/mol. The summed E-state index contributed by atoms with van der Waals surface area (Å²) in [4.78, 5) is 20.8. The molecule has 0 radical (unpaired) electrons. The second-order valence-corrected chi connectivity index (χ2v) is 7.04. The van der Waals surface area contributed by atoms with Gasteiger partial charge in [0.25, 0.3) is 5.91 Å². The Kier molecular flexibility index (Phi) is 4.80. The summed E-state index contributed by atoms with van der Waals surface area (Å²) in [5.74, 6) is 0.397. The number of anilines is 2. The topological polar surface area (TPSA) is 54.9 Å². The third-order valence-electron chi connectivity index (χ3n) is 4.93. The molecule has 2 aliphatic heterocycles. The highest BCUT2D eigenvalue weighted by molar-refractivity contribution is 5.95. The largest absolute Gasteiger partial charge is 0.376 e. The fourth-order valence-corrected chi connectivity index (χ4v) is 3.56. The van der Waals surface area contributed by atoms with Gasteiger partial charge in [-0.05, 0) is 43.3 Å². The number of hydrogen-bond donors (Lipinski definition) is 0. The van der Waals surface area contributed by atoms with E-state index < -0.39 is 5.60 Å². The van der Waals surface area contributed by atoms with Crippen LogP contribution in [0.5, 0.6) is 0 Å². The summed E-state index contributed by atoms with van der Waals surface area (Å²) in [5.41, 5.74) is 0.942. The molecule has 2 fully saturated rings. The molecule has 2 saturated heterocycles. The van der Waals surface area contributed by atoms with Crippen molar-refractivity contribution in [3.05, 3.63) is 54.0 Å². The number of amides is 1. The lowest BCUT2D eigenvalue weighted by molar-refractivity contribution is -0.143. The van der Waals surface area contributed by atoms with E-state index in [9.17, 15) is 9.18 Å². The second kappa shape index (κ2) is 7.25. The Morgan fingerprint density at radius 1 is 1.15 bits per heavy atom. The molecule has 0 unspecified atom stereocenters.